The second-order valence-electron chi connectivity index (χ2n) is 5.20. The molecule has 8 heteroatoms. The van der Waals surface area contributed by atoms with E-state index < -0.39 is 0 Å². The number of aromatic nitrogens is 7. The van der Waals surface area contributed by atoms with Gasteiger partial charge in [0, 0.05) is 18.9 Å². The summed E-state index contributed by atoms with van der Waals surface area (Å²) in [6, 6.07) is 7.67. The van der Waals surface area contributed by atoms with Gasteiger partial charge in [-0.1, -0.05) is 6.07 Å². The van der Waals surface area contributed by atoms with Crippen molar-refractivity contribution in [2.45, 2.75) is 20.0 Å². The van der Waals surface area contributed by atoms with Crippen molar-refractivity contribution < 1.29 is 0 Å². The Hall–Kier alpha value is -3.29. The van der Waals surface area contributed by atoms with Crippen molar-refractivity contribution in [1.82, 2.24) is 34.5 Å². The van der Waals surface area contributed by atoms with Crippen molar-refractivity contribution >= 4 is 16.9 Å². The van der Waals surface area contributed by atoms with Crippen LogP contribution in [0.4, 0.5) is 5.82 Å². The zero-order chi connectivity index (χ0) is 16.4. The van der Waals surface area contributed by atoms with E-state index in [1.54, 1.807) is 23.3 Å². The monoisotopic (exact) mass is 320 g/mol. The predicted octanol–water partition coefficient (Wildman–Crippen LogP) is 2.04. The van der Waals surface area contributed by atoms with Gasteiger partial charge in [-0.2, -0.15) is 14.9 Å². The average molecular weight is 320 g/mol. The van der Waals surface area contributed by atoms with Gasteiger partial charge in [0.15, 0.2) is 11.5 Å². The Morgan fingerprint density at radius 2 is 2.00 bits per heavy atom. The molecule has 0 saturated heterocycles. The molecule has 1 N–H and O–H groups in total. The van der Waals surface area contributed by atoms with E-state index in [1.165, 1.54) is 6.33 Å². The maximum atomic E-state index is 4.40. The summed E-state index contributed by atoms with van der Waals surface area (Å²) < 4.78 is 3.65. The number of nitrogens with zero attached hydrogens (tertiary/aromatic N) is 7. The molecule has 0 bridgehead atoms. The van der Waals surface area contributed by atoms with Crippen LogP contribution in [0.2, 0.25) is 0 Å². The van der Waals surface area contributed by atoms with Crippen LogP contribution in [-0.2, 0) is 13.1 Å². The second kappa shape index (κ2) is 6.07. The van der Waals surface area contributed by atoms with Crippen molar-refractivity contribution in [3.05, 3.63) is 54.9 Å². The van der Waals surface area contributed by atoms with Gasteiger partial charge in [-0.15, -0.1) is 0 Å². The molecule has 4 heterocycles. The Bertz CT molecular complexity index is 957. The average Bonchev–Trinajstić information content (AvgIpc) is 3.27. The summed E-state index contributed by atoms with van der Waals surface area (Å²) in [6.45, 7) is 3.53. The first-order valence-electron chi connectivity index (χ1n) is 7.71. The molecule has 4 rings (SSSR count). The molecule has 0 aliphatic carbocycles. The number of hydrogen-bond acceptors (Lipinski definition) is 6. The number of hydrogen-bond donors (Lipinski definition) is 1. The summed E-state index contributed by atoms with van der Waals surface area (Å²) in [4.78, 5) is 13.0. The van der Waals surface area contributed by atoms with Gasteiger partial charge in [0.2, 0.25) is 0 Å². The van der Waals surface area contributed by atoms with E-state index in [9.17, 15) is 0 Å². The topological polar surface area (TPSA) is 86.3 Å². The standard InChI is InChI=1S/C16H16N8/c1-2-23-12(6-8-21-23)9-18-15-13-10-22-24(16(13)20-11-19-15)14-5-3-4-7-17-14/h3-8,10-11H,2,9H2,1H3,(H,18,19,20). The quantitative estimate of drug-likeness (QED) is 0.605. The van der Waals surface area contributed by atoms with Gasteiger partial charge in [-0.05, 0) is 25.1 Å². The van der Waals surface area contributed by atoms with Crippen molar-refractivity contribution in [3.8, 4) is 5.82 Å². The van der Waals surface area contributed by atoms with E-state index in [0.29, 0.717) is 6.54 Å². The van der Waals surface area contributed by atoms with E-state index in [-0.39, 0.29) is 0 Å². The van der Waals surface area contributed by atoms with Gasteiger partial charge < -0.3 is 5.32 Å². The molecule has 0 unspecified atom stereocenters. The normalized spacial score (nSPS) is 11.0. The molecule has 8 nitrogen and oxygen atoms in total. The SMILES string of the molecule is CCn1nccc1CNc1ncnc2c1cnn2-c1ccccn1. The van der Waals surface area contributed by atoms with Crippen molar-refractivity contribution in [1.29, 1.82) is 0 Å². The first kappa shape index (κ1) is 14.3. The number of anilines is 1. The molecule has 24 heavy (non-hydrogen) atoms. The highest BCUT2D eigenvalue weighted by molar-refractivity contribution is 5.86. The molecule has 4 aromatic heterocycles. The summed E-state index contributed by atoms with van der Waals surface area (Å²) in [5.74, 6) is 1.47. The number of fused-ring (bicyclic) bond motifs is 1. The Balaban J connectivity index is 1.66. The van der Waals surface area contributed by atoms with Gasteiger partial charge >= 0.3 is 0 Å². The van der Waals surface area contributed by atoms with E-state index in [0.717, 1.165) is 34.9 Å². The Labute approximate surface area is 138 Å². The molecule has 0 aliphatic heterocycles. The highest BCUT2D eigenvalue weighted by atomic mass is 15.3. The van der Waals surface area contributed by atoms with Crippen LogP contribution in [-0.4, -0.2) is 34.5 Å². The lowest BCUT2D eigenvalue weighted by molar-refractivity contribution is 0.627. The minimum absolute atomic E-state index is 0.634. The molecule has 0 amide bonds. The fourth-order valence-corrected chi connectivity index (χ4v) is 2.60. The number of pyridine rings is 1. The summed E-state index contributed by atoms with van der Waals surface area (Å²) >= 11 is 0. The van der Waals surface area contributed by atoms with Gasteiger partial charge in [0.1, 0.15) is 12.1 Å². The molecule has 0 saturated carbocycles. The maximum Gasteiger partial charge on any atom is 0.170 e. The first-order valence-corrected chi connectivity index (χ1v) is 7.71. The zero-order valence-electron chi connectivity index (χ0n) is 13.2. The summed E-state index contributed by atoms with van der Waals surface area (Å²) in [5.41, 5.74) is 1.82. The first-order chi connectivity index (χ1) is 11.9. The van der Waals surface area contributed by atoms with Crippen LogP contribution in [0.15, 0.2) is 49.2 Å². The van der Waals surface area contributed by atoms with Gasteiger partial charge in [-0.3, -0.25) is 4.68 Å². The van der Waals surface area contributed by atoms with Crippen LogP contribution in [0.1, 0.15) is 12.6 Å². The van der Waals surface area contributed by atoms with E-state index in [1.807, 2.05) is 28.9 Å². The summed E-state index contributed by atoms with van der Waals surface area (Å²) in [6.07, 6.45) is 6.82. The van der Waals surface area contributed by atoms with Crippen LogP contribution < -0.4 is 5.32 Å². The largest absolute Gasteiger partial charge is 0.364 e. The number of aryl methyl sites for hydroxylation is 1. The molecular weight excluding hydrogens is 304 g/mol. The fourth-order valence-electron chi connectivity index (χ4n) is 2.60. The van der Waals surface area contributed by atoms with Crippen LogP contribution in [0, 0.1) is 0 Å². The molecular formula is C16H16N8. The molecule has 0 aliphatic rings. The highest BCUT2D eigenvalue weighted by Gasteiger charge is 2.12. The van der Waals surface area contributed by atoms with E-state index in [4.69, 9.17) is 0 Å². The van der Waals surface area contributed by atoms with E-state index >= 15 is 0 Å². The fraction of sp³-hybridized carbons (Fsp3) is 0.188. The van der Waals surface area contributed by atoms with Crippen LogP contribution in [0.25, 0.3) is 16.9 Å². The lowest BCUT2D eigenvalue weighted by Gasteiger charge is -2.08. The Morgan fingerprint density at radius 1 is 1.04 bits per heavy atom. The molecule has 0 spiro atoms. The van der Waals surface area contributed by atoms with Gasteiger partial charge in [0.05, 0.1) is 23.8 Å². The van der Waals surface area contributed by atoms with Crippen molar-refractivity contribution in [3.63, 3.8) is 0 Å². The van der Waals surface area contributed by atoms with Crippen molar-refractivity contribution in [2.24, 2.45) is 0 Å². The molecule has 0 atom stereocenters. The lowest BCUT2D eigenvalue weighted by Crippen LogP contribution is -2.09. The minimum Gasteiger partial charge on any atom is -0.364 e. The molecule has 120 valence electrons. The van der Waals surface area contributed by atoms with Gasteiger partial charge in [0.25, 0.3) is 0 Å². The zero-order valence-corrected chi connectivity index (χ0v) is 13.2. The Morgan fingerprint density at radius 3 is 2.83 bits per heavy atom. The van der Waals surface area contributed by atoms with Crippen LogP contribution in [0.3, 0.4) is 0 Å². The molecule has 0 aromatic carbocycles. The molecule has 0 fully saturated rings. The number of nitrogens with one attached hydrogen (secondary N) is 1. The van der Waals surface area contributed by atoms with E-state index in [2.05, 4.69) is 37.4 Å². The summed E-state index contributed by atoms with van der Waals surface area (Å²) in [7, 11) is 0. The van der Waals surface area contributed by atoms with Gasteiger partial charge in [-0.25, -0.2) is 15.0 Å². The maximum absolute atomic E-state index is 4.40. The molecule has 0 radical (unpaired) electrons. The third-order valence-electron chi connectivity index (χ3n) is 3.77. The highest BCUT2D eigenvalue weighted by Crippen LogP contribution is 2.21. The smallest absolute Gasteiger partial charge is 0.170 e. The van der Waals surface area contributed by atoms with Crippen LogP contribution in [0.5, 0.6) is 0 Å². The molecule has 4 aromatic rings. The third kappa shape index (κ3) is 2.47. The number of rotatable bonds is 5. The van der Waals surface area contributed by atoms with Crippen molar-refractivity contribution in [2.75, 3.05) is 5.32 Å². The Kier molecular flexibility index (Phi) is 3.62. The third-order valence-corrected chi connectivity index (χ3v) is 3.77. The summed E-state index contributed by atoms with van der Waals surface area (Å²) in [5, 5.41) is 12.9. The van der Waals surface area contributed by atoms with Crippen LogP contribution >= 0.6 is 0 Å². The second-order valence-corrected chi connectivity index (χ2v) is 5.20. The lowest BCUT2D eigenvalue weighted by atomic mass is 10.3. The minimum atomic E-state index is 0.634. The predicted molar refractivity (Wildman–Crippen MR) is 89.7 cm³/mol.